The Bertz CT molecular complexity index is 453. The molecular formula is C15H20O3. The summed E-state index contributed by atoms with van der Waals surface area (Å²) in [5.41, 5.74) is 0.708. The molecule has 0 saturated heterocycles. The lowest BCUT2D eigenvalue weighted by Crippen LogP contribution is -2.42. The molecule has 98 valence electrons. The predicted octanol–water partition coefficient (Wildman–Crippen LogP) is 3.07. The molecule has 18 heavy (non-hydrogen) atoms. The largest absolute Gasteiger partial charge is 0.497 e. The Balaban J connectivity index is 1.96. The van der Waals surface area contributed by atoms with Crippen LogP contribution in [0.25, 0.3) is 0 Å². The van der Waals surface area contributed by atoms with Crippen molar-refractivity contribution in [3.05, 3.63) is 23.8 Å². The van der Waals surface area contributed by atoms with E-state index in [9.17, 15) is 5.11 Å². The molecule has 1 N–H and O–H groups in total. The van der Waals surface area contributed by atoms with E-state index in [1.54, 1.807) is 7.11 Å². The van der Waals surface area contributed by atoms with E-state index < -0.39 is 6.10 Å². The van der Waals surface area contributed by atoms with Gasteiger partial charge in [-0.3, -0.25) is 0 Å². The lowest BCUT2D eigenvalue weighted by atomic mass is 9.83. The van der Waals surface area contributed by atoms with Crippen LogP contribution >= 0.6 is 0 Å². The van der Waals surface area contributed by atoms with Crippen molar-refractivity contribution in [3.63, 3.8) is 0 Å². The van der Waals surface area contributed by atoms with Crippen LogP contribution in [0.1, 0.15) is 44.3 Å². The predicted molar refractivity (Wildman–Crippen MR) is 68.9 cm³/mol. The third kappa shape index (κ3) is 1.77. The number of rotatable bonds is 3. The van der Waals surface area contributed by atoms with Crippen molar-refractivity contribution in [2.24, 2.45) is 5.92 Å². The fourth-order valence-electron chi connectivity index (χ4n) is 3.07. The van der Waals surface area contributed by atoms with Crippen LogP contribution < -0.4 is 9.47 Å². The minimum atomic E-state index is -0.440. The first-order chi connectivity index (χ1) is 8.68. The summed E-state index contributed by atoms with van der Waals surface area (Å²) >= 11 is 0. The molecule has 1 aliphatic heterocycles. The standard InChI is InChI=1S/C15H20O3/c1-3-15(10-4-5-10)9-13(16)12-8-11(17-2)6-7-14(12)18-15/h6-8,10,13,16H,3-5,9H2,1-2H3/t13-,15?/m0/s1. The van der Waals surface area contributed by atoms with Gasteiger partial charge >= 0.3 is 0 Å². The molecule has 1 unspecified atom stereocenters. The normalized spacial score (nSPS) is 30.5. The molecule has 3 rings (SSSR count). The Morgan fingerprint density at radius 2 is 2.22 bits per heavy atom. The quantitative estimate of drug-likeness (QED) is 0.893. The number of fused-ring (bicyclic) bond motifs is 1. The molecule has 1 heterocycles. The second kappa shape index (κ2) is 4.16. The zero-order valence-corrected chi connectivity index (χ0v) is 11.0. The van der Waals surface area contributed by atoms with E-state index in [1.807, 2.05) is 18.2 Å². The zero-order chi connectivity index (χ0) is 12.8. The fraction of sp³-hybridized carbons (Fsp3) is 0.600. The monoisotopic (exact) mass is 248 g/mol. The molecule has 1 saturated carbocycles. The van der Waals surface area contributed by atoms with Gasteiger partial charge in [0, 0.05) is 12.0 Å². The van der Waals surface area contributed by atoms with Gasteiger partial charge in [-0.15, -0.1) is 0 Å². The van der Waals surface area contributed by atoms with Crippen LogP contribution in [0.15, 0.2) is 18.2 Å². The third-order valence-electron chi connectivity index (χ3n) is 4.35. The van der Waals surface area contributed by atoms with E-state index in [2.05, 4.69) is 6.92 Å². The highest BCUT2D eigenvalue weighted by atomic mass is 16.5. The van der Waals surface area contributed by atoms with Crippen molar-refractivity contribution in [2.75, 3.05) is 7.11 Å². The van der Waals surface area contributed by atoms with E-state index in [-0.39, 0.29) is 5.60 Å². The summed E-state index contributed by atoms with van der Waals surface area (Å²) < 4.78 is 11.4. The van der Waals surface area contributed by atoms with E-state index in [0.29, 0.717) is 12.3 Å². The Morgan fingerprint density at radius 3 is 2.83 bits per heavy atom. The maximum absolute atomic E-state index is 10.4. The highest BCUT2D eigenvalue weighted by Crippen LogP contribution is 2.52. The van der Waals surface area contributed by atoms with E-state index in [0.717, 1.165) is 23.5 Å². The second-order valence-electron chi connectivity index (χ2n) is 5.42. The van der Waals surface area contributed by atoms with E-state index >= 15 is 0 Å². The number of hydrogen-bond donors (Lipinski definition) is 1. The van der Waals surface area contributed by atoms with Crippen LogP contribution in [0.3, 0.4) is 0 Å². The Hall–Kier alpha value is -1.22. The molecule has 1 aliphatic carbocycles. The highest BCUT2D eigenvalue weighted by molar-refractivity contribution is 5.44. The molecule has 2 atom stereocenters. The topological polar surface area (TPSA) is 38.7 Å². The maximum atomic E-state index is 10.4. The number of hydrogen-bond acceptors (Lipinski definition) is 3. The first-order valence-electron chi connectivity index (χ1n) is 6.73. The highest BCUT2D eigenvalue weighted by Gasteiger charge is 2.50. The van der Waals surface area contributed by atoms with Crippen LogP contribution in [0.4, 0.5) is 0 Å². The number of ether oxygens (including phenoxy) is 2. The van der Waals surface area contributed by atoms with Gasteiger partial charge in [-0.2, -0.15) is 0 Å². The van der Waals surface area contributed by atoms with Gasteiger partial charge in [-0.1, -0.05) is 6.92 Å². The Labute approximate surface area is 108 Å². The van der Waals surface area contributed by atoms with Crippen molar-refractivity contribution in [3.8, 4) is 11.5 Å². The molecular weight excluding hydrogens is 228 g/mol. The van der Waals surface area contributed by atoms with Gasteiger partial charge in [0.2, 0.25) is 0 Å². The van der Waals surface area contributed by atoms with Crippen LogP contribution in [-0.4, -0.2) is 17.8 Å². The van der Waals surface area contributed by atoms with Crippen LogP contribution in [0.2, 0.25) is 0 Å². The van der Waals surface area contributed by atoms with Gasteiger partial charge < -0.3 is 14.6 Å². The van der Waals surface area contributed by atoms with Crippen LogP contribution in [0, 0.1) is 5.92 Å². The summed E-state index contributed by atoms with van der Waals surface area (Å²) in [7, 11) is 1.64. The zero-order valence-electron chi connectivity index (χ0n) is 11.0. The van der Waals surface area contributed by atoms with Gasteiger partial charge in [0.15, 0.2) is 0 Å². The average Bonchev–Trinajstić information content (AvgIpc) is 3.23. The molecule has 0 amide bonds. The molecule has 3 heteroatoms. The lowest BCUT2D eigenvalue weighted by molar-refractivity contribution is -0.0328. The Morgan fingerprint density at radius 1 is 1.44 bits per heavy atom. The molecule has 3 nitrogen and oxygen atoms in total. The summed E-state index contributed by atoms with van der Waals surface area (Å²) in [5.74, 6) is 2.21. The molecule has 0 radical (unpaired) electrons. The number of benzene rings is 1. The second-order valence-corrected chi connectivity index (χ2v) is 5.42. The maximum Gasteiger partial charge on any atom is 0.126 e. The summed E-state index contributed by atoms with van der Waals surface area (Å²) in [6.07, 6.45) is 3.68. The van der Waals surface area contributed by atoms with Crippen LogP contribution in [-0.2, 0) is 0 Å². The van der Waals surface area contributed by atoms with Gasteiger partial charge in [-0.25, -0.2) is 0 Å². The molecule has 1 fully saturated rings. The van der Waals surface area contributed by atoms with Crippen LogP contribution in [0.5, 0.6) is 11.5 Å². The fourth-order valence-corrected chi connectivity index (χ4v) is 3.07. The van der Waals surface area contributed by atoms with Crippen molar-refractivity contribution >= 4 is 0 Å². The Kier molecular flexibility index (Phi) is 2.74. The summed E-state index contributed by atoms with van der Waals surface area (Å²) in [5, 5.41) is 10.4. The van der Waals surface area contributed by atoms with Gasteiger partial charge in [0.25, 0.3) is 0 Å². The van der Waals surface area contributed by atoms with Gasteiger partial charge in [-0.05, 0) is 43.4 Å². The molecule has 2 aliphatic rings. The number of aliphatic hydroxyl groups excluding tert-OH is 1. The minimum absolute atomic E-state index is 0.152. The first-order valence-corrected chi connectivity index (χ1v) is 6.73. The molecule has 0 bridgehead atoms. The smallest absolute Gasteiger partial charge is 0.126 e. The van der Waals surface area contributed by atoms with E-state index in [4.69, 9.17) is 9.47 Å². The number of methoxy groups -OCH3 is 1. The SMILES string of the molecule is CCC1(C2CC2)C[C@H](O)c2cc(OC)ccc2O1. The summed E-state index contributed by atoms with van der Waals surface area (Å²) in [6.45, 7) is 2.15. The summed E-state index contributed by atoms with van der Waals surface area (Å²) in [4.78, 5) is 0. The third-order valence-corrected chi connectivity index (χ3v) is 4.35. The van der Waals surface area contributed by atoms with Crippen molar-refractivity contribution in [1.82, 2.24) is 0 Å². The molecule has 1 aromatic carbocycles. The van der Waals surface area contributed by atoms with E-state index in [1.165, 1.54) is 12.8 Å². The molecule has 0 spiro atoms. The molecule has 1 aromatic rings. The van der Waals surface area contributed by atoms with Gasteiger partial charge in [0.05, 0.1) is 13.2 Å². The minimum Gasteiger partial charge on any atom is -0.497 e. The lowest BCUT2D eigenvalue weighted by Gasteiger charge is -2.41. The van der Waals surface area contributed by atoms with Crippen molar-refractivity contribution in [1.29, 1.82) is 0 Å². The van der Waals surface area contributed by atoms with Gasteiger partial charge in [0.1, 0.15) is 17.1 Å². The first kappa shape index (κ1) is 11.8. The van der Waals surface area contributed by atoms with Crippen molar-refractivity contribution < 1.29 is 14.6 Å². The summed E-state index contributed by atoms with van der Waals surface area (Å²) in [6, 6.07) is 5.69. The molecule has 0 aromatic heterocycles. The average molecular weight is 248 g/mol. The number of aliphatic hydroxyl groups is 1. The van der Waals surface area contributed by atoms with Crippen molar-refractivity contribution in [2.45, 2.75) is 44.3 Å².